The van der Waals surface area contributed by atoms with Crippen molar-refractivity contribution in [3.8, 4) is 5.75 Å². The molecular formula is C16H24O3. The average molecular weight is 264 g/mol. The SMILES string of the molecule is COC1CCCCC1(O)c1cccc(OC(C)C)c1. The maximum absolute atomic E-state index is 11.0. The molecule has 0 amide bonds. The summed E-state index contributed by atoms with van der Waals surface area (Å²) in [5.74, 6) is 0.807. The molecule has 1 N–H and O–H groups in total. The van der Waals surface area contributed by atoms with E-state index in [1.54, 1.807) is 7.11 Å². The molecule has 1 aliphatic rings. The highest BCUT2D eigenvalue weighted by atomic mass is 16.5. The van der Waals surface area contributed by atoms with Crippen LogP contribution in [0, 0.1) is 0 Å². The van der Waals surface area contributed by atoms with Crippen LogP contribution in [0.4, 0.5) is 0 Å². The Morgan fingerprint density at radius 3 is 2.79 bits per heavy atom. The molecule has 106 valence electrons. The largest absolute Gasteiger partial charge is 0.491 e. The summed E-state index contributed by atoms with van der Waals surface area (Å²) in [4.78, 5) is 0. The van der Waals surface area contributed by atoms with E-state index in [1.807, 2.05) is 38.1 Å². The van der Waals surface area contributed by atoms with Gasteiger partial charge in [0.1, 0.15) is 11.4 Å². The van der Waals surface area contributed by atoms with Crippen LogP contribution >= 0.6 is 0 Å². The second-order valence-electron chi connectivity index (χ2n) is 5.59. The molecule has 19 heavy (non-hydrogen) atoms. The van der Waals surface area contributed by atoms with E-state index in [2.05, 4.69) is 0 Å². The summed E-state index contributed by atoms with van der Waals surface area (Å²) >= 11 is 0. The summed E-state index contributed by atoms with van der Waals surface area (Å²) in [6, 6.07) is 7.77. The molecule has 0 heterocycles. The minimum atomic E-state index is -0.886. The van der Waals surface area contributed by atoms with Gasteiger partial charge in [-0.05, 0) is 44.4 Å². The van der Waals surface area contributed by atoms with Gasteiger partial charge in [-0.25, -0.2) is 0 Å². The van der Waals surface area contributed by atoms with Crippen molar-refractivity contribution in [3.63, 3.8) is 0 Å². The Morgan fingerprint density at radius 1 is 1.32 bits per heavy atom. The molecule has 2 unspecified atom stereocenters. The van der Waals surface area contributed by atoms with Gasteiger partial charge in [-0.3, -0.25) is 0 Å². The molecule has 1 saturated carbocycles. The molecule has 2 atom stereocenters. The lowest BCUT2D eigenvalue weighted by Crippen LogP contribution is -2.43. The van der Waals surface area contributed by atoms with Gasteiger partial charge in [-0.2, -0.15) is 0 Å². The van der Waals surface area contributed by atoms with E-state index < -0.39 is 5.60 Å². The Morgan fingerprint density at radius 2 is 2.11 bits per heavy atom. The van der Waals surface area contributed by atoms with Gasteiger partial charge >= 0.3 is 0 Å². The summed E-state index contributed by atoms with van der Waals surface area (Å²) < 4.78 is 11.2. The molecule has 2 rings (SSSR count). The van der Waals surface area contributed by atoms with Crippen molar-refractivity contribution < 1.29 is 14.6 Å². The van der Waals surface area contributed by atoms with Crippen LogP contribution in [0.15, 0.2) is 24.3 Å². The molecule has 1 aromatic carbocycles. The highest BCUT2D eigenvalue weighted by Crippen LogP contribution is 2.39. The summed E-state index contributed by atoms with van der Waals surface area (Å²) in [6.07, 6.45) is 3.80. The number of rotatable bonds is 4. The smallest absolute Gasteiger partial charge is 0.120 e. The van der Waals surface area contributed by atoms with Crippen LogP contribution in [0.1, 0.15) is 45.1 Å². The van der Waals surface area contributed by atoms with Gasteiger partial charge in [-0.1, -0.05) is 25.0 Å². The van der Waals surface area contributed by atoms with E-state index >= 15 is 0 Å². The van der Waals surface area contributed by atoms with Crippen molar-refractivity contribution in [2.45, 2.75) is 57.3 Å². The van der Waals surface area contributed by atoms with Gasteiger partial charge < -0.3 is 14.6 Å². The fourth-order valence-corrected chi connectivity index (χ4v) is 2.88. The van der Waals surface area contributed by atoms with E-state index in [4.69, 9.17) is 9.47 Å². The number of hydrogen-bond acceptors (Lipinski definition) is 3. The fraction of sp³-hybridized carbons (Fsp3) is 0.625. The number of ether oxygens (including phenoxy) is 2. The Labute approximate surface area is 115 Å². The van der Waals surface area contributed by atoms with Crippen LogP contribution in [0.3, 0.4) is 0 Å². The molecule has 0 aromatic heterocycles. The fourth-order valence-electron chi connectivity index (χ4n) is 2.88. The molecule has 1 aromatic rings. The van der Waals surface area contributed by atoms with Gasteiger partial charge in [0.2, 0.25) is 0 Å². The van der Waals surface area contributed by atoms with Gasteiger partial charge in [0.05, 0.1) is 12.2 Å². The minimum absolute atomic E-state index is 0.129. The molecule has 1 fully saturated rings. The first kappa shape index (κ1) is 14.4. The van der Waals surface area contributed by atoms with Crippen molar-refractivity contribution in [1.29, 1.82) is 0 Å². The zero-order valence-corrected chi connectivity index (χ0v) is 12.1. The molecule has 1 aliphatic carbocycles. The summed E-state index contributed by atoms with van der Waals surface area (Å²) in [7, 11) is 1.68. The first-order chi connectivity index (χ1) is 9.06. The highest BCUT2D eigenvalue weighted by Gasteiger charge is 2.40. The Kier molecular flexibility index (Phi) is 4.48. The Bertz CT molecular complexity index is 416. The third kappa shape index (κ3) is 3.10. The third-order valence-electron chi connectivity index (χ3n) is 3.80. The Balaban J connectivity index is 2.28. The Hall–Kier alpha value is -1.06. The molecular weight excluding hydrogens is 240 g/mol. The number of methoxy groups -OCH3 is 1. The number of hydrogen-bond donors (Lipinski definition) is 1. The first-order valence-corrected chi connectivity index (χ1v) is 7.08. The zero-order chi connectivity index (χ0) is 13.9. The normalized spacial score (nSPS) is 27.5. The van der Waals surface area contributed by atoms with Crippen LogP contribution < -0.4 is 4.74 Å². The monoisotopic (exact) mass is 264 g/mol. The lowest BCUT2D eigenvalue weighted by atomic mass is 9.77. The van der Waals surface area contributed by atoms with E-state index in [-0.39, 0.29) is 12.2 Å². The summed E-state index contributed by atoms with van der Waals surface area (Å²) in [5.41, 5.74) is 0.0146. The molecule has 0 aliphatic heterocycles. The first-order valence-electron chi connectivity index (χ1n) is 7.08. The summed E-state index contributed by atoms with van der Waals surface area (Å²) in [6.45, 7) is 4.00. The molecule has 0 radical (unpaired) electrons. The number of benzene rings is 1. The predicted octanol–water partition coefficient (Wildman–Crippen LogP) is 3.25. The van der Waals surface area contributed by atoms with Crippen molar-refractivity contribution in [2.75, 3.05) is 7.11 Å². The van der Waals surface area contributed by atoms with Crippen molar-refractivity contribution in [3.05, 3.63) is 29.8 Å². The van der Waals surface area contributed by atoms with Gasteiger partial charge in [-0.15, -0.1) is 0 Å². The quantitative estimate of drug-likeness (QED) is 0.907. The minimum Gasteiger partial charge on any atom is -0.491 e. The van der Waals surface area contributed by atoms with Crippen LogP contribution in [0.5, 0.6) is 5.75 Å². The zero-order valence-electron chi connectivity index (χ0n) is 12.1. The van der Waals surface area contributed by atoms with Gasteiger partial charge in [0.25, 0.3) is 0 Å². The van der Waals surface area contributed by atoms with E-state index in [0.29, 0.717) is 0 Å². The maximum atomic E-state index is 11.0. The lowest BCUT2D eigenvalue weighted by molar-refractivity contribution is -0.122. The van der Waals surface area contributed by atoms with Crippen molar-refractivity contribution in [1.82, 2.24) is 0 Å². The third-order valence-corrected chi connectivity index (χ3v) is 3.80. The van der Waals surface area contributed by atoms with Crippen LogP contribution in [0.25, 0.3) is 0 Å². The van der Waals surface area contributed by atoms with Crippen molar-refractivity contribution >= 4 is 0 Å². The van der Waals surface area contributed by atoms with E-state index in [9.17, 15) is 5.11 Å². The lowest BCUT2D eigenvalue weighted by Gasteiger charge is -2.39. The molecule has 3 heteroatoms. The molecule has 0 bridgehead atoms. The number of aliphatic hydroxyl groups is 1. The van der Waals surface area contributed by atoms with E-state index in [0.717, 1.165) is 37.0 Å². The van der Waals surface area contributed by atoms with Crippen LogP contribution in [-0.4, -0.2) is 24.4 Å². The second-order valence-corrected chi connectivity index (χ2v) is 5.59. The van der Waals surface area contributed by atoms with E-state index in [1.165, 1.54) is 0 Å². The van der Waals surface area contributed by atoms with Crippen molar-refractivity contribution in [2.24, 2.45) is 0 Å². The molecule has 0 saturated heterocycles. The average Bonchev–Trinajstić information content (AvgIpc) is 2.39. The molecule has 3 nitrogen and oxygen atoms in total. The van der Waals surface area contributed by atoms with Gasteiger partial charge in [0.15, 0.2) is 0 Å². The molecule has 0 spiro atoms. The van der Waals surface area contributed by atoms with Crippen LogP contribution in [0.2, 0.25) is 0 Å². The standard InChI is InChI=1S/C16H24O3/c1-12(2)19-14-8-6-7-13(11-14)16(17)10-5-4-9-15(16)18-3/h6-8,11-12,15,17H,4-5,9-10H2,1-3H3. The highest BCUT2D eigenvalue weighted by molar-refractivity contribution is 5.33. The maximum Gasteiger partial charge on any atom is 0.120 e. The predicted molar refractivity (Wildman–Crippen MR) is 75.4 cm³/mol. The van der Waals surface area contributed by atoms with Gasteiger partial charge in [0, 0.05) is 7.11 Å². The van der Waals surface area contributed by atoms with Crippen LogP contribution in [-0.2, 0) is 10.3 Å². The topological polar surface area (TPSA) is 38.7 Å². The second kappa shape index (κ2) is 5.93. The summed E-state index contributed by atoms with van der Waals surface area (Å²) in [5, 5.41) is 11.0.